The second-order valence-electron chi connectivity index (χ2n) is 8.48. The molecule has 0 bridgehead atoms. The van der Waals surface area contributed by atoms with E-state index in [1.54, 1.807) is 4.90 Å². The molecule has 1 unspecified atom stereocenters. The molecule has 5 heteroatoms. The number of aromatic amines is 1. The molecular weight excluding hydrogens is 412 g/mol. The number of rotatable bonds is 5. The fourth-order valence-electron chi connectivity index (χ4n) is 4.59. The highest BCUT2D eigenvalue weighted by atomic mass is 16.6. The molecule has 5 nitrogen and oxygen atoms in total. The van der Waals surface area contributed by atoms with Crippen LogP contribution in [0.25, 0.3) is 22.2 Å². The Labute approximate surface area is 193 Å². The minimum absolute atomic E-state index is 0.0758. The third-order valence-electron chi connectivity index (χ3n) is 6.27. The molecule has 1 fully saturated rings. The van der Waals surface area contributed by atoms with E-state index in [1.807, 2.05) is 84.9 Å². The van der Waals surface area contributed by atoms with Crippen LogP contribution in [0.3, 0.4) is 0 Å². The molecule has 0 radical (unpaired) electrons. The van der Waals surface area contributed by atoms with Gasteiger partial charge in [-0.3, -0.25) is 4.79 Å². The average molecular weight is 439 g/mol. The summed E-state index contributed by atoms with van der Waals surface area (Å²) in [5.41, 5.74) is 4.41. The van der Waals surface area contributed by atoms with Crippen LogP contribution in [0.5, 0.6) is 0 Å². The summed E-state index contributed by atoms with van der Waals surface area (Å²) in [6, 6.07) is 27.5. The monoisotopic (exact) mass is 438 g/mol. The first kappa shape index (κ1) is 21.0. The summed E-state index contributed by atoms with van der Waals surface area (Å²) in [5.74, 6) is -0.184. The van der Waals surface area contributed by atoms with Gasteiger partial charge in [-0.1, -0.05) is 78.9 Å². The van der Waals surface area contributed by atoms with Crippen LogP contribution in [0.4, 0.5) is 4.79 Å². The average Bonchev–Trinajstić information content (AvgIpc) is 3.28. The number of fused-ring (bicyclic) bond motifs is 1. The number of likely N-dealkylation sites (tertiary alicyclic amines) is 1. The van der Waals surface area contributed by atoms with E-state index in [0.717, 1.165) is 40.6 Å². The van der Waals surface area contributed by atoms with Crippen LogP contribution in [0.15, 0.2) is 84.9 Å². The number of aromatic nitrogens is 1. The van der Waals surface area contributed by atoms with Gasteiger partial charge in [0.2, 0.25) is 0 Å². The van der Waals surface area contributed by atoms with Gasteiger partial charge in [-0.15, -0.1) is 0 Å². The Balaban J connectivity index is 1.38. The fraction of sp³-hybridized carbons (Fsp3) is 0.214. The van der Waals surface area contributed by atoms with Crippen LogP contribution in [0.2, 0.25) is 0 Å². The van der Waals surface area contributed by atoms with Crippen molar-refractivity contribution in [1.82, 2.24) is 9.88 Å². The Kier molecular flexibility index (Phi) is 5.94. The molecule has 1 aliphatic rings. The second-order valence-corrected chi connectivity index (χ2v) is 8.48. The fourth-order valence-corrected chi connectivity index (χ4v) is 4.59. The number of H-pyrrole nitrogens is 1. The molecule has 1 saturated heterocycles. The minimum Gasteiger partial charge on any atom is -0.445 e. The van der Waals surface area contributed by atoms with Gasteiger partial charge in [-0.25, -0.2) is 4.79 Å². The molecule has 1 amide bonds. The zero-order valence-electron chi connectivity index (χ0n) is 18.4. The SMILES string of the molecule is O=C(c1c(-c2ccccc2)[nH]c2ccccc12)C1CCCN(C(=O)OCc2ccccc2)C1. The number of hydrogen-bond donors (Lipinski definition) is 1. The van der Waals surface area contributed by atoms with Gasteiger partial charge in [0, 0.05) is 29.9 Å². The third kappa shape index (κ3) is 4.40. The highest BCUT2D eigenvalue weighted by Gasteiger charge is 2.32. The van der Waals surface area contributed by atoms with Crippen LogP contribution in [-0.2, 0) is 11.3 Å². The van der Waals surface area contributed by atoms with Gasteiger partial charge in [-0.05, 0) is 30.0 Å². The smallest absolute Gasteiger partial charge is 0.410 e. The van der Waals surface area contributed by atoms with Gasteiger partial charge in [0.1, 0.15) is 6.61 Å². The van der Waals surface area contributed by atoms with Crippen LogP contribution in [0, 0.1) is 5.92 Å². The normalized spacial score (nSPS) is 16.0. The lowest BCUT2D eigenvalue weighted by Crippen LogP contribution is -2.42. The van der Waals surface area contributed by atoms with Crippen LogP contribution < -0.4 is 0 Å². The molecular formula is C28H26N2O3. The molecule has 4 aromatic rings. The maximum absolute atomic E-state index is 13.8. The quantitative estimate of drug-likeness (QED) is 0.385. The summed E-state index contributed by atoms with van der Waals surface area (Å²) < 4.78 is 5.52. The number of ketones is 1. The summed E-state index contributed by atoms with van der Waals surface area (Å²) in [5, 5.41) is 0.921. The van der Waals surface area contributed by atoms with Gasteiger partial charge in [-0.2, -0.15) is 0 Å². The van der Waals surface area contributed by atoms with Crippen molar-refractivity contribution < 1.29 is 14.3 Å². The Morgan fingerprint density at radius 3 is 2.39 bits per heavy atom. The van der Waals surface area contributed by atoms with E-state index in [1.165, 1.54) is 0 Å². The standard InChI is InChI=1S/C28H26N2O3/c31-27(22-14-9-17-30(18-22)28(32)33-19-20-10-3-1-4-11-20)25-23-15-7-8-16-24(23)29-26(25)21-12-5-2-6-13-21/h1-8,10-13,15-16,22,29H,9,14,17-19H2. The van der Waals surface area contributed by atoms with Crippen molar-refractivity contribution in [2.24, 2.45) is 5.92 Å². The first-order valence-electron chi connectivity index (χ1n) is 11.4. The number of piperidine rings is 1. The lowest BCUT2D eigenvalue weighted by molar-refractivity contribution is 0.0689. The summed E-state index contributed by atoms with van der Waals surface area (Å²) in [6.07, 6.45) is 1.17. The van der Waals surface area contributed by atoms with Crippen LogP contribution in [0.1, 0.15) is 28.8 Å². The van der Waals surface area contributed by atoms with E-state index < -0.39 is 0 Å². The molecule has 0 spiro atoms. The third-order valence-corrected chi connectivity index (χ3v) is 6.27. The molecule has 1 aromatic heterocycles. The van der Waals surface area contributed by atoms with Gasteiger partial charge >= 0.3 is 6.09 Å². The van der Waals surface area contributed by atoms with Crippen molar-refractivity contribution in [3.63, 3.8) is 0 Å². The lowest BCUT2D eigenvalue weighted by Gasteiger charge is -2.31. The zero-order chi connectivity index (χ0) is 22.6. The van der Waals surface area contributed by atoms with E-state index in [-0.39, 0.29) is 24.4 Å². The maximum Gasteiger partial charge on any atom is 0.410 e. The molecule has 0 saturated carbocycles. The molecule has 5 rings (SSSR count). The van der Waals surface area contributed by atoms with E-state index in [4.69, 9.17) is 4.74 Å². The number of ether oxygens (including phenoxy) is 1. The predicted octanol–water partition coefficient (Wildman–Crippen LogP) is 6.07. The Morgan fingerprint density at radius 1 is 0.909 bits per heavy atom. The van der Waals surface area contributed by atoms with E-state index in [2.05, 4.69) is 4.98 Å². The molecule has 1 atom stereocenters. The first-order valence-corrected chi connectivity index (χ1v) is 11.4. The summed E-state index contributed by atoms with van der Waals surface area (Å²) >= 11 is 0. The van der Waals surface area contributed by atoms with Crippen molar-refractivity contribution >= 4 is 22.8 Å². The van der Waals surface area contributed by atoms with Crippen molar-refractivity contribution in [3.8, 4) is 11.3 Å². The predicted molar refractivity (Wildman–Crippen MR) is 129 cm³/mol. The number of amides is 1. The number of hydrogen-bond acceptors (Lipinski definition) is 3. The molecule has 1 aliphatic heterocycles. The Morgan fingerprint density at radius 2 is 1.61 bits per heavy atom. The molecule has 0 aliphatic carbocycles. The van der Waals surface area contributed by atoms with Crippen LogP contribution in [-0.4, -0.2) is 34.8 Å². The number of nitrogens with one attached hydrogen (secondary N) is 1. The largest absolute Gasteiger partial charge is 0.445 e. The van der Waals surface area contributed by atoms with Crippen molar-refractivity contribution in [1.29, 1.82) is 0 Å². The van der Waals surface area contributed by atoms with E-state index >= 15 is 0 Å². The maximum atomic E-state index is 13.8. The number of para-hydroxylation sites is 1. The number of carbonyl (C=O) groups excluding carboxylic acids is 2. The molecule has 3 aromatic carbocycles. The molecule has 2 heterocycles. The first-order chi connectivity index (χ1) is 16.2. The van der Waals surface area contributed by atoms with Gasteiger partial charge in [0.05, 0.1) is 11.3 Å². The summed E-state index contributed by atoms with van der Waals surface area (Å²) in [4.78, 5) is 31.7. The van der Waals surface area contributed by atoms with E-state index in [0.29, 0.717) is 18.7 Å². The summed E-state index contributed by atoms with van der Waals surface area (Å²) in [6.45, 7) is 1.21. The molecule has 33 heavy (non-hydrogen) atoms. The Hall–Kier alpha value is -3.86. The minimum atomic E-state index is -0.362. The number of Topliss-reactive ketones (excluding diaryl/α,β-unsaturated/α-hetero) is 1. The zero-order valence-corrected chi connectivity index (χ0v) is 18.4. The highest BCUT2D eigenvalue weighted by molar-refractivity contribution is 6.14. The van der Waals surface area contributed by atoms with Gasteiger partial charge < -0.3 is 14.6 Å². The second kappa shape index (κ2) is 9.33. The topological polar surface area (TPSA) is 62.4 Å². The van der Waals surface area contributed by atoms with Crippen molar-refractivity contribution in [2.75, 3.05) is 13.1 Å². The molecule has 166 valence electrons. The number of nitrogens with zero attached hydrogens (tertiary/aromatic N) is 1. The van der Waals surface area contributed by atoms with E-state index in [9.17, 15) is 9.59 Å². The van der Waals surface area contributed by atoms with Crippen LogP contribution >= 0.6 is 0 Å². The highest BCUT2D eigenvalue weighted by Crippen LogP contribution is 2.34. The Bertz CT molecular complexity index is 1260. The van der Waals surface area contributed by atoms with Crippen molar-refractivity contribution in [3.05, 3.63) is 96.1 Å². The number of benzene rings is 3. The lowest BCUT2D eigenvalue weighted by atomic mass is 9.88. The van der Waals surface area contributed by atoms with Gasteiger partial charge in [0.25, 0.3) is 0 Å². The van der Waals surface area contributed by atoms with Crippen molar-refractivity contribution in [2.45, 2.75) is 19.4 Å². The summed E-state index contributed by atoms with van der Waals surface area (Å²) in [7, 11) is 0. The van der Waals surface area contributed by atoms with Gasteiger partial charge in [0.15, 0.2) is 5.78 Å². The molecule has 1 N–H and O–H groups in total. The number of carbonyl (C=O) groups is 2.